The highest BCUT2D eigenvalue weighted by Crippen LogP contribution is 2.39. The van der Waals surface area contributed by atoms with Crippen LogP contribution in [0.25, 0.3) is 11.1 Å². The molecule has 4 rings (SSSR count). The first-order valence-corrected chi connectivity index (χ1v) is 8.63. The van der Waals surface area contributed by atoms with Crippen LogP contribution in [0.15, 0.2) is 72.8 Å². The number of nitrogens with two attached hydrogens (primary N) is 1. The van der Waals surface area contributed by atoms with Crippen molar-refractivity contribution in [2.45, 2.75) is 18.4 Å². The Morgan fingerprint density at radius 2 is 1.42 bits per heavy atom. The lowest BCUT2D eigenvalue weighted by atomic mass is 10.0. The third kappa shape index (κ3) is 3.51. The standard InChI is InChI=1S/C22H19FN2O/c23-18-9-5-15(6-10-18)14-1-3-17(4-2-14)22(26)25-19-11-7-16(8-12-19)20-13-21(20)24/h1-12,20-21H,13,24H2,(H,25,26)/t20-,21+/m0/s1. The van der Waals surface area contributed by atoms with Gasteiger partial charge in [0, 0.05) is 23.2 Å². The minimum Gasteiger partial charge on any atom is -0.327 e. The Bertz CT molecular complexity index is 918. The largest absolute Gasteiger partial charge is 0.327 e. The number of nitrogens with one attached hydrogen (secondary N) is 1. The van der Waals surface area contributed by atoms with Crippen molar-refractivity contribution in [3.05, 3.63) is 89.7 Å². The molecular weight excluding hydrogens is 327 g/mol. The zero-order valence-electron chi connectivity index (χ0n) is 14.2. The van der Waals surface area contributed by atoms with Gasteiger partial charge in [0.05, 0.1) is 0 Å². The van der Waals surface area contributed by atoms with Gasteiger partial charge in [-0.05, 0) is 59.5 Å². The fraction of sp³-hybridized carbons (Fsp3) is 0.136. The van der Waals surface area contributed by atoms with Crippen molar-refractivity contribution in [1.29, 1.82) is 0 Å². The molecular formula is C22H19FN2O. The molecule has 3 aromatic carbocycles. The molecule has 0 aromatic heterocycles. The Hall–Kier alpha value is -2.98. The minimum atomic E-state index is -0.264. The highest BCUT2D eigenvalue weighted by atomic mass is 19.1. The molecule has 0 radical (unpaired) electrons. The van der Waals surface area contributed by atoms with Crippen LogP contribution in [0.4, 0.5) is 10.1 Å². The molecule has 1 saturated carbocycles. The smallest absolute Gasteiger partial charge is 0.255 e. The molecule has 3 nitrogen and oxygen atoms in total. The van der Waals surface area contributed by atoms with Crippen molar-refractivity contribution in [3.63, 3.8) is 0 Å². The number of carbonyl (C=O) groups excluding carboxylic acids is 1. The maximum absolute atomic E-state index is 13.0. The SMILES string of the molecule is N[C@@H]1C[C@H]1c1ccc(NC(=O)c2ccc(-c3ccc(F)cc3)cc2)cc1. The third-order valence-corrected chi connectivity index (χ3v) is 4.76. The van der Waals surface area contributed by atoms with E-state index >= 15 is 0 Å². The maximum atomic E-state index is 13.0. The van der Waals surface area contributed by atoms with E-state index in [1.54, 1.807) is 24.3 Å². The Labute approximate surface area is 151 Å². The summed E-state index contributed by atoms with van der Waals surface area (Å²) in [4.78, 5) is 12.4. The van der Waals surface area contributed by atoms with Gasteiger partial charge in [-0.25, -0.2) is 4.39 Å². The summed E-state index contributed by atoms with van der Waals surface area (Å²) in [6.45, 7) is 0. The number of amides is 1. The Morgan fingerprint density at radius 1 is 0.885 bits per heavy atom. The van der Waals surface area contributed by atoms with Crippen molar-refractivity contribution in [2.75, 3.05) is 5.32 Å². The molecule has 0 unspecified atom stereocenters. The van der Waals surface area contributed by atoms with Crippen LogP contribution in [-0.4, -0.2) is 11.9 Å². The summed E-state index contributed by atoms with van der Waals surface area (Å²) in [5.74, 6) is 0.0322. The lowest BCUT2D eigenvalue weighted by Crippen LogP contribution is -2.11. The van der Waals surface area contributed by atoms with Crippen LogP contribution in [0, 0.1) is 5.82 Å². The minimum absolute atomic E-state index is 0.161. The molecule has 3 N–H and O–H groups in total. The summed E-state index contributed by atoms with van der Waals surface area (Å²) in [6.07, 6.45) is 1.03. The first kappa shape index (κ1) is 16.5. The topological polar surface area (TPSA) is 55.1 Å². The Kier molecular flexibility index (Phi) is 4.27. The van der Waals surface area contributed by atoms with E-state index in [2.05, 4.69) is 5.32 Å². The van der Waals surface area contributed by atoms with E-state index < -0.39 is 0 Å². The predicted octanol–water partition coefficient (Wildman–Crippen LogP) is 4.56. The number of halogens is 1. The van der Waals surface area contributed by atoms with Gasteiger partial charge in [-0.15, -0.1) is 0 Å². The summed E-state index contributed by atoms with van der Waals surface area (Å²) in [7, 11) is 0. The average molecular weight is 346 g/mol. The second kappa shape index (κ2) is 6.73. The van der Waals surface area contributed by atoms with E-state index in [9.17, 15) is 9.18 Å². The van der Waals surface area contributed by atoms with E-state index in [0.29, 0.717) is 11.5 Å². The molecule has 3 aromatic rings. The number of anilines is 1. The van der Waals surface area contributed by atoms with Crippen molar-refractivity contribution < 1.29 is 9.18 Å². The molecule has 1 fully saturated rings. The van der Waals surface area contributed by atoms with Crippen LogP contribution in [0.3, 0.4) is 0 Å². The van der Waals surface area contributed by atoms with Crippen molar-refractivity contribution in [1.82, 2.24) is 0 Å². The lowest BCUT2D eigenvalue weighted by molar-refractivity contribution is 0.102. The number of hydrogen-bond acceptors (Lipinski definition) is 2. The first-order chi connectivity index (χ1) is 12.6. The van der Waals surface area contributed by atoms with E-state index in [1.165, 1.54) is 17.7 Å². The number of rotatable bonds is 4. The van der Waals surface area contributed by atoms with Crippen molar-refractivity contribution in [2.24, 2.45) is 5.73 Å². The van der Waals surface area contributed by atoms with Crippen LogP contribution in [0.2, 0.25) is 0 Å². The van der Waals surface area contributed by atoms with Gasteiger partial charge >= 0.3 is 0 Å². The average Bonchev–Trinajstić information content (AvgIpc) is 3.40. The summed E-state index contributed by atoms with van der Waals surface area (Å²) < 4.78 is 13.0. The van der Waals surface area contributed by atoms with Gasteiger partial charge in [0.25, 0.3) is 5.91 Å². The molecule has 4 heteroatoms. The zero-order chi connectivity index (χ0) is 18.1. The van der Waals surface area contributed by atoms with Gasteiger partial charge in [0.15, 0.2) is 0 Å². The van der Waals surface area contributed by atoms with Gasteiger partial charge in [-0.2, -0.15) is 0 Å². The second-order valence-electron chi connectivity index (χ2n) is 6.67. The monoisotopic (exact) mass is 346 g/mol. The van der Waals surface area contributed by atoms with Gasteiger partial charge < -0.3 is 11.1 Å². The van der Waals surface area contributed by atoms with Gasteiger partial charge in [0.1, 0.15) is 5.82 Å². The van der Waals surface area contributed by atoms with Crippen molar-refractivity contribution in [3.8, 4) is 11.1 Å². The molecule has 0 heterocycles. The van der Waals surface area contributed by atoms with E-state index in [0.717, 1.165) is 23.2 Å². The summed E-state index contributed by atoms with van der Waals surface area (Å²) >= 11 is 0. The zero-order valence-corrected chi connectivity index (χ0v) is 14.2. The van der Waals surface area contributed by atoms with E-state index in [4.69, 9.17) is 5.73 Å². The van der Waals surface area contributed by atoms with Gasteiger partial charge in [0.2, 0.25) is 0 Å². The van der Waals surface area contributed by atoms with Crippen molar-refractivity contribution >= 4 is 11.6 Å². The van der Waals surface area contributed by atoms with Gasteiger partial charge in [-0.1, -0.05) is 36.4 Å². The van der Waals surface area contributed by atoms with Crippen LogP contribution in [-0.2, 0) is 0 Å². The first-order valence-electron chi connectivity index (χ1n) is 8.63. The molecule has 1 amide bonds. The van der Waals surface area contributed by atoms with E-state index in [-0.39, 0.29) is 17.8 Å². The summed E-state index contributed by atoms with van der Waals surface area (Å²) in [5, 5.41) is 2.90. The molecule has 2 atom stereocenters. The molecule has 0 spiro atoms. The third-order valence-electron chi connectivity index (χ3n) is 4.76. The maximum Gasteiger partial charge on any atom is 0.255 e. The number of carbonyl (C=O) groups is 1. The van der Waals surface area contributed by atoms with Gasteiger partial charge in [-0.3, -0.25) is 4.79 Å². The molecule has 0 bridgehead atoms. The van der Waals surface area contributed by atoms with Crippen LogP contribution in [0.5, 0.6) is 0 Å². The second-order valence-corrected chi connectivity index (χ2v) is 6.67. The predicted molar refractivity (Wildman–Crippen MR) is 102 cm³/mol. The molecule has 26 heavy (non-hydrogen) atoms. The van der Waals surface area contributed by atoms with E-state index in [1.807, 2.05) is 36.4 Å². The lowest BCUT2D eigenvalue weighted by Gasteiger charge is -2.08. The molecule has 130 valence electrons. The molecule has 1 aliphatic rings. The number of hydrogen-bond donors (Lipinski definition) is 2. The Balaban J connectivity index is 1.43. The van der Waals surface area contributed by atoms with Crippen LogP contribution in [0.1, 0.15) is 28.3 Å². The Morgan fingerprint density at radius 3 is 1.96 bits per heavy atom. The molecule has 0 saturated heterocycles. The normalized spacial score (nSPS) is 18.4. The van der Waals surface area contributed by atoms with Crippen LogP contribution < -0.4 is 11.1 Å². The fourth-order valence-corrected chi connectivity index (χ4v) is 3.07. The molecule has 0 aliphatic heterocycles. The summed E-state index contributed by atoms with van der Waals surface area (Å²) in [6, 6.07) is 21.7. The highest BCUT2D eigenvalue weighted by molar-refractivity contribution is 6.04. The fourth-order valence-electron chi connectivity index (χ4n) is 3.07. The highest BCUT2D eigenvalue weighted by Gasteiger charge is 2.34. The quantitative estimate of drug-likeness (QED) is 0.728. The number of benzene rings is 3. The van der Waals surface area contributed by atoms with Crippen LogP contribution >= 0.6 is 0 Å². The summed E-state index contributed by atoms with van der Waals surface area (Å²) in [5.41, 5.74) is 10.3. The molecule has 1 aliphatic carbocycles.